The molecule has 0 aliphatic carbocycles. The second-order valence-electron chi connectivity index (χ2n) is 17.7. The molecule has 0 heterocycles. The Morgan fingerprint density at radius 1 is 0.448 bits per heavy atom. The molecule has 9 nitrogen and oxygen atoms in total. The number of aliphatic carboxylic acids is 1. The van der Waals surface area contributed by atoms with E-state index in [0.29, 0.717) is 17.4 Å². The fourth-order valence-corrected chi connectivity index (χ4v) is 6.30. The summed E-state index contributed by atoms with van der Waals surface area (Å²) in [4.78, 5) is 37.3. The molecular weight excluding hydrogens is 839 g/mol. The molecule has 0 radical (unpaired) electrons. The first-order valence-corrected chi connectivity index (χ1v) is 25.7. The molecule has 0 aliphatic rings. The van der Waals surface area contributed by atoms with Gasteiger partial charge in [0.25, 0.3) is 6.29 Å². The van der Waals surface area contributed by atoms with E-state index >= 15 is 0 Å². The van der Waals surface area contributed by atoms with E-state index in [1.54, 1.807) is 0 Å². The van der Waals surface area contributed by atoms with E-state index in [-0.39, 0.29) is 38.6 Å². The Kier molecular flexibility index (Phi) is 45.1. The molecule has 0 aromatic rings. The van der Waals surface area contributed by atoms with Crippen molar-refractivity contribution < 1.29 is 42.9 Å². The molecule has 0 aromatic heterocycles. The molecule has 1 N–H and O–H groups in total. The standard InChI is InChI=1S/C58H93NO8/c1-6-8-10-12-14-16-18-20-22-24-26-28-30-32-34-36-38-40-42-44-46-48-55(60)65-52-54(53-66-58(57(62)63)64-51-50-59(3,4)5)67-56(61)49-47-45-43-41-39-37-35-33-31-29-27-25-23-21-19-17-15-13-11-9-7-2/h8-11,14-17,20-23,26-29,33,35,39,41,54,58H,6-7,12-13,18-19,24-25,30-32,34,36-38,40,42-53H2,1-5H3/p+1/b10-8-,11-9-,16-14-,17-15-,22-20-,23-21-,28-26-,29-27-,35-33-,41-39-. The normalized spacial score (nSPS) is 13.9. The van der Waals surface area contributed by atoms with Gasteiger partial charge in [-0.15, -0.1) is 0 Å². The number of carbonyl (C=O) groups is 3. The van der Waals surface area contributed by atoms with Gasteiger partial charge >= 0.3 is 17.9 Å². The molecule has 378 valence electrons. The van der Waals surface area contributed by atoms with Gasteiger partial charge in [0.15, 0.2) is 6.10 Å². The van der Waals surface area contributed by atoms with Crippen molar-refractivity contribution in [2.45, 2.75) is 180 Å². The number of nitrogens with zero attached hydrogens (tertiary/aromatic N) is 1. The van der Waals surface area contributed by atoms with Crippen LogP contribution >= 0.6 is 0 Å². The number of likely N-dealkylation sites (N-methyl/N-ethyl adjacent to an activating group) is 1. The van der Waals surface area contributed by atoms with Crippen molar-refractivity contribution in [3.63, 3.8) is 0 Å². The highest BCUT2D eigenvalue weighted by Crippen LogP contribution is 2.13. The van der Waals surface area contributed by atoms with Gasteiger partial charge in [0.05, 0.1) is 34.4 Å². The van der Waals surface area contributed by atoms with E-state index in [1.165, 1.54) is 25.7 Å². The third-order valence-electron chi connectivity index (χ3n) is 10.2. The number of carbonyl (C=O) groups excluding carboxylic acids is 2. The fourth-order valence-electron chi connectivity index (χ4n) is 6.30. The number of unbranched alkanes of at least 4 members (excludes halogenated alkanes) is 10. The summed E-state index contributed by atoms with van der Waals surface area (Å²) in [5.74, 6) is -2.10. The number of esters is 2. The minimum atomic E-state index is -1.53. The van der Waals surface area contributed by atoms with Crippen LogP contribution in [0.2, 0.25) is 0 Å². The van der Waals surface area contributed by atoms with Crippen molar-refractivity contribution >= 4 is 17.9 Å². The monoisotopic (exact) mass is 933 g/mol. The Labute approximate surface area is 408 Å². The SMILES string of the molecule is CC/C=C\C/C=C\C/C=C\C/C=C\C/C=C\C/C=C\CCCCC(=O)OC(COC(=O)CCCCCCCCCC/C=C\C/C=C\C/C=C\C/C=C\CC)COC(OCC[N+](C)(C)C)C(=O)O. The largest absolute Gasteiger partial charge is 0.477 e. The van der Waals surface area contributed by atoms with Gasteiger partial charge in [0.1, 0.15) is 13.2 Å². The summed E-state index contributed by atoms with van der Waals surface area (Å²) < 4.78 is 22.7. The fraction of sp³-hybridized carbons (Fsp3) is 0.603. The summed E-state index contributed by atoms with van der Waals surface area (Å²) in [7, 11) is 5.93. The Balaban J connectivity index is 4.47. The number of carboxylic acid groups (broad SMARTS) is 1. The predicted octanol–water partition coefficient (Wildman–Crippen LogP) is 14.6. The third kappa shape index (κ3) is 49.4. The number of hydrogen-bond acceptors (Lipinski definition) is 7. The van der Waals surface area contributed by atoms with Crippen LogP contribution in [0.25, 0.3) is 0 Å². The highest BCUT2D eigenvalue weighted by atomic mass is 16.7. The average molecular weight is 933 g/mol. The van der Waals surface area contributed by atoms with Gasteiger partial charge in [-0.25, -0.2) is 4.79 Å². The van der Waals surface area contributed by atoms with E-state index in [1.807, 2.05) is 21.1 Å². The summed E-state index contributed by atoms with van der Waals surface area (Å²) in [6, 6.07) is 0. The lowest BCUT2D eigenvalue weighted by Crippen LogP contribution is -2.40. The van der Waals surface area contributed by atoms with E-state index < -0.39 is 24.3 Å². The van der Waals surface area contributed by atoms with Gasteiger partial charge < -0.3 is 28.5 Å². The summed E-state index contributed by atoms with van der Waals surface area (Å²) in [6.07, 6.45) is 64.1. The topological polar surface area (TPSA) is 108 Å². The van der Waals surface area contributed by atoms with Crippen molar-refractivity contribution in [3.05, 3.63) is 122 Å². The molecule has 9 heteroatoms. The Morgan fingerprint density at radius 3 is 1.22 bits per heavy atom. The van der Waals surface area contributed by atoms with E-state index in [2.05, 4.69) is 135 Å². The summed E-state index contributed by atoms with van der Waals surface area (Å²) in [5.41, 5.74) is 0. The number of hydrogen-bond donors (Lipinski definition) is 1. The number of carboxylic acids is 1. The maximum atomic E-state index is 12.8. The van der Waals surface area contributed by atoms with Crippen LogP contribution in [-0.2, 0) is 33.3 Å². The van der Waals surface area contributed by atoms with Crippen LogP contribution in [0.5, 0.6) is 0 Å². The lowest BCUT2D eigenvalue weighted by molar-refractivity contribution is -0.870. The number of ether oxygens (including phenoxy) is 4. The Bertz CT molecular complexity index is 1510. The molecule has 0 bridgehead atoms. The molecule has 67 heavy (non-hydrogen) atoms. The Morgan fingerprint density at radius 2 is 0.806 bits per heavy atom. The van der Waals surface area contributed by atoms with Crippen molar-refractivity contribution in [1.29, 1.82) is 0 Å². The van der Waals surface area contributed by atoms with Crippen LogP contribution in [0.1, 0.15) is 168 Å². The number of allylic oxidation sites excluding steroid dienone is 20. The third-order valence-corrected chi connectivity index (χ3v) is 10.2. The van der Waals surface area contributed by atoms with E-state index in [9.17, 15) is 19.5 Å². The van der Waals surface area contributed by atoms with Gasteiger partial charge in [-0.05, 0) is 103 Å². The van der Waals surface area contributed by atoms with Crippen LogP contribution < -0.4 is 0 Å². The zero-order valence-corrected chi connectivity index (χ0v) is 42.8. The summed E-state index contributed by atoms with van der Waals surface area (Å²) >= 11 is 0. The van der Waals surface area contributed by atoms with Crippen molar-refractivity contribution in [1.82, 2.24) is 0 Å². The van der Waals surface area contributed by atoms with Crippen LogP contribution in [0.4, 0.5) is 0 Å². The van der Waals surface area contributed by atoms with Crippen LogP contribution in [-0.4, -0.2) is 87.4 Å². The maximum Gasteiger partial charge on any atom is 0.361 e. The molecule has 0 saturated carbocycles. The zero-order chi connectivity index (χ0) is 49.2. The van der Waals surface area contributed by atoms with Crippen molar-refractivity contribution in [2.75, 3.05) is 47.5 Å². The molecule has 2 atom stereocenters. The van der Waals surface area contributed by atoms with Crippen molar-refractivity contribution in [2.24, 2.45) is 0 Å². The first-order chi connectivity index (χ1) is 32.6. The van der Waals surface area contributed by atoms with E-state index in [4.69, 9.17) is 18.9 Å². The lowest BCUT2D eigenvalue weighted by atomic mass is 10.1. The van der Waals surface area contributed by atoms with Crippen LogP contribution in [0.15, 0.2) is 122 Å². The highest BCUT2D eigenvalue weighted by molar-refractivity contribution is 5.71. The lowest BCUT2D eigenvalue weighted by Gasteiger charge is -2.25. The second kappa shape index (κ2) is 48.2. The van der Waals surface area contributed by atoms with Crippen LogP contribution in [0, 0.1) is 0 Å². The van der Waals surface area contributed by atoms with Crippen molar-refractivity contribution in [3.8, 4) is 0 Å². The average Bonchev–Trinajstić information content (AvgIpc) is 3.29. The molecular formula is C58H94NO8+. The van der Waals surface area contributed by atoms with Gasteiger partial charge in [-0.1, -0.05) is 174 Å². The minimum Gasteiger partial charge on any atom is -0.477 e. The molecule has 0 aliphatic heterocycles. The van der Waals surface area contributed by atoms with Crippen LogP contribution in [0.3, 0.4) is 0 Å². The first kappa shape index (κ1) is 62.7. The first-order valence-electron chi connectivity index (χ1n) is 25.7. The molecule has 2 unspecified atom stereocenters. The number of quaternary nitrogens is 1. The summed E-state index contributed by atoms with van der Waals surface area (Å²) in [5, 5.41) is 9.67. The molecule has 0 amide bonds. The molecule has 0 aromatic carbocycles. The maximum absolute atomic E-state index is 12.8. The second-order valence-corrected chi connectivity index (χ2v) is 17.7. The van der Waals surface area contributed by atoms with Gasteiger partial charge in [0.2, 0.25) is 0 Å². The molecule has 0 fully saturated rings. The number of rotatable bonds is 45. The molecule has 0 rings (SSSR count). The zero-order valence-electron chi connectivity index (χ0n) is 42.8. The van der Waals surface area contributed by atoms with Gasteiger partial charge in [-0.3, -0.25) is 9.59 Å². The summed E-state index contributed by atoms with van der Waals surface area (Å²) in [6.45, 7) is 4.56. The van der Waals surface area contributed by atoms with E-state index in [0.717, 1.165) is 109 Å². The quantitative estimate of drug-likeness (QED) is 0.0211. The van der Waals surface area contributed by atoms with Gasteiger partial charge in [0, 0.05) is 12.8 Å². The van der Waals surface area contributed by atoms with Gasteiger partial charge in [-0.2, -0.15) is 0 Å². The predicted molar refractivity (Wildman–Crippen MR) is 281 cm³/mol. The smallest absolute Gasteiger partial charge is 0.361 e. The minimum absolute atomic E-state index is 0.170. The molecule has 0 saturated heterocycles. The highest BCUT2D eigenvalue weighted by Gasteiger charge is 2.25. The molecule has 0 spiro atoms. The Hall–Kier alpha value is -4.31.